The molecule has 3 atom stereocenters. The molecule has 114 valence electrons. The zero-order chi connectivity index (χ0) is 15.3. The number of nitriles is 1. The third kappa shape index (κ3) is 2.25. The van der Waals surface area contributed by atoms with Crippen molar-refractivity contribution < 1.29 is 4.79 Å². The van der Waals surface area contributed by atoms with Gasteiger partial charge in [-0.15, -0.1) is 0 Å². The summed E-state index contributed by atoms with van der Waals surface area (Å²) >= 11 is 0. The van der Waals surface area contributed by atoms with Gasteiger partial charge < -0.3 is 4.90 Å². The summed E-state index contributed by atoms with van der Waals surface area (Å²) in [6.07, 6.45) is 8.05. The molecule has 1 saturated carbocycles. The first-order chi connectivity index (χ1) is 9.88. The smallest absolute Gasteiger partial charge is 0.178 e. The van der Waals surface area contributed by atoms with Crippen molar-refractivity contribution in [3.63, 3.8) is 0 Å². The largest absolute Gasteiger partial charge is 0.300 e. The maximum absolute atomic E-state index is 12.5. The quantitative estimate of drug-likeness (QED) is 0.742. The molecule has 0 amide bonds. The average Bonchev–Trinajstić information content (AvgIpc) is 2.96. The van der Waals surface area contributed by atoms with Gasteiger partial charge in [0.1, 0.15) is 6.07 Å². The van der Waals surface area contributed by atoms with Crippen LogP contribution >= 0.6 is 0 Å². The predicted molar refractivity (Wildman–Crippen MR) is 82.5 cm³/mol. The third-order valence-electron chi connectivity index (χ3n) is 6.21. The second-order valence-corrected chi connectivity index (χ2v) is 7.96. The zero-order valence-corrected chi connectivity index (χ0v) is 13.5. The van der Waals surface area contributed by atoms with Crippen LogP contribution in [0.4, 0.5) is 0 Å². The van der Waals surface area contributed by atoms with Crippen LogP contribution in [-0.4, -0.2) is 29.8 Å². The highest BCUT2D eigenvalue weighted by molar-refractivity contribution is 6.04. The maximum atomic E-state index is 12.5. The molecule has 0 radical (unpaired) electrons. The number of likely N-dealkylation sites (tertiary alicyclic amines) is 1. The standard InChI is InChI=1S/C18H26N2O/c1-17(2)15-7-6-14(20-8-4-5-9-20)11-18(15,3)10-13(12-19)16(17)21/h10,14-15H,4-9,11H2,1-3H3/t14-,15-,18+/m0/s1. The summed E-state index contributed by atoms with van der Waals surface area (Å²) in [6.45, 7) is 8.80. The monoisotopic (exact) mass is 286 g/mol. The van der Waals surface area contributed by atoms with E-state index < -0.39 is 5.41 Å². The predicted octanol–water partition coefficient (Wildman–Crippen LogP) is 3.32. The number of allylic oxidation sites excluding steroid dienone is 2. The van der Waals surface area contributed by atoms with Gasteiger partial charge in [0.05, 0.1) is 5.57 Å². The minimum Gasteiger partial charge on any atom is -0.300 e. The lowest BCUT2D eigenvalue weighted by Crippen LogP contribution is -2.52. The molecule has 2 fully saturated rings. The number of carbonyl (C=O) groups excluding carboxylic acids is 1. The van der Waals surface area contributed by atoms with Gasteiger partial charge in [0.15, 0.2) is 5.78 Å². The van der Waals surface area contributed by atoms with E-state index in [0.29, 0.717) is 17.5 Å². The molecular formula is C18H26N2O. The highest BCUT2D eigenvalue weighted by Crippen LogP contribution is 2.55. The van der Waals surface area contributed by atoms with Gasteiger partial charge in [0.2, 0.25) is 0 Å². The van der Waals surface area contributed by atoms with Gasteiger partial charge in [-0.25, -0.2) is 0 Å². The molecule has 0 spiro atoms. The van der Waals surface area contributed by atoms with E-state index in [-0.39, 0.29) is 11.2 Å². The Balaban J connectivity index is 1.92. The Morgan fingerprint density at radius 2 is 1.90 bits per heavy atom. The number of fused-ring (bicyclic) bond motifs is 1. The second-order valence-electron chi connectivity index (χ2n) is 7.96. The minimum atomic E-state index is -0.398. The van der Waals surface area contributed by atoms with Crippen LogP contribution in [0.2, 0.25) is 0 Å². The number of carbonyl (C=O) groups is 1. The molecule has 0 aromatic rings. The number of ketones is 1. The van der Waals surface area contributed by atoms with Crippen molar-refractivity contribution in [1.29, 1.82) is 5.26 Å². The lowest BCUT2D eigenvalue weighted by Gasteiger charge is -2.53. The first-order valence-corrected chi connectivity index (χ1v) is 8.30. The number of nitrogens with zero attached hydrogens (tertiary/aromatic N) is 2. The van der Waals surface area contributed by atoms with Gasteiger partial charge in [-0.3, -0.25) is 4.79 Å². The van der Waals surface area contributed by atoms with Crippen molar-refractivity contribution in [2.75, 3.05) is 13.1 Å². The van der Waals surface area contributed by atoms with Gasteiger partial charge in [-0.2, -0.15) is 5.26 Å². The van der Waals surface area contributed by atoms with E-state index in [1.807, 2.05) is 19.9 Å². The maximum Gasteiger partial charge on any atom is 0.178 e. The van der Waals surface area contributed by atoms with Crippen molar-refractivity contribution in [3.05, 3.63) is 11.6 Å². The van der Waals surface area contributed by atoms with Gasteiger partial charge >= 0.3 is 0 Å². The lowest BCUT2D eigenvalue weighted by molar-refractivity contribution is -0.131. The van der Waals surface area contributed by atoms with Gasteiger partial charge in [-0.1, -0.05) is 26.8 Å². The van der Waals surface area contributed by atoms with Crippen LogP contribution in [0, 0.1) is 28.1 Å². The molecule has 1 aliphatic heterocycles. The summed E-state index contributed by atoms with van der Waals surface area (Å²) in [4.78, 5) is 15.1. The molecule has 0 bridgehead atoms. The molecule has 3 aliphatic rings. The van der Waals surface area contributed by atoms with Gasteiger partial charge in [0.25, 0.3) is 0 Å². The summed E-state index contributed by atoms with van der Waals surface area (Å²) in [5.41, 5.74) is -0.0146. The Labute approximate surface area is 128 Å². The fourth-order valence-corrected chi connectivity index (χ4v) is 5.19. The molecule has 3 rings (SSSR count). The highest BCUT2D eigenvalue weighted by Gasteiger charge is 2.53. The van der Waals surface area contributed by atoms with E-state index in [1.54, 1.807) is 0 Å². The molecule has 0 N–H and O–H groups in total. The summed E-state index contributed by atoms with van der Waals surface area (Å²) in [7, 11) is 0. The molecule has 3 heteroatoms. The van der Waals surface area contributed by atoms with E-state index in [4.69, 9.17) is 0 Å². The van der Waals surface area contributed by atoms with Crippen molar-refractivity contribution in [2.45, 2.75) is 58.9 Å². The normalized spacial score (nSPS) is 39.5. The van der Waals surface area contributed by atoms with Crippen molar-refractivity contribution >= 4 is 5.78 Å². The Bertz CT molecular complexity index is 522. The molecule has 3 nitrogen and oxygen atoms in total. The van der Waals surface area contributed by atoms with Crippen molar-refractivity contribution in [3.8, 4) is 6.07 Å². The summed E-state index contributed by atoms with van der Waals surface area (Å²) in [5, 5.41) is 9.33. The molecule has 1 heterocycles. The summed E-state index contributed by atoms with van der Waals surface area (Å²) < 4.78 is 0. The van der Waals surface area contributed by atoms with E-state index >= 15 is 0 Å². The van der Waals surface area contributed by atoms with Gasteiger partial charge in [0, 0.05) is 11.5 Å². The SMILES string of the molecule is CC1(C)C(=O)C(C#N)=C[C@]2(C)C[C@@H](N3CCCC3)CC[C@@H]12. The molecule has 2 aliphatic carbocycles. The van der Waals surface area contributed by atoms with Crippen molar-refractivity contribution in [1.82, 2.24) is 4.90 Å². The molecular weight excluding hydrogens is 260 g/mol. The van der Waals surface area contributed by atoms with Crippen LogP contribution in [0.15, 0.2) is 11.6 Å². The average molecular weight is 286 g/mol. The van der Waals surface area contributed by atoms with E-state index in [1.165, 1.54) is 32.4 Å². The number of rotatable bonds is 1. The van der Waals surface area contributed by atoms with Crippen LogP contribution in [0.25, 0.3) is 0 Å². The lowest BCUT2D eigenvalue weighted by atomic mass is 9.52. The Morgan fingerprint density at radius 3 is 2.52 bits per heavy atom. The number of hydrogen-bond donors (Lipinski definition) is 0. The molecule has 0 aromatic carbocycles. The first kappa shape index (κ1) is 14.8. The van der Waals surface area contributed by atoms with Crippen LogP contribution < -0.4 is 0 Å². The second kappa shape index (κ2) is 4.95. The number of Topliss-reactive ketones (excluding diaryl/α,β-unsaturated/α-hetero) is 1. The molecule has 0 aromatic heterocycles. The summed E-state index contributed by atoms with van der Waals surface area (Å²) in [6, 6.07) is 2.78. The third-order valence-corrected chi connectivity index (χ3v) is 6.21. The highest BCUT2D eigenvalue weighted by atomic mass is 16.1. The van der Waals surface area contributed by atoms with E-state index in [0.717, 1.165) is 12.8 Å². The Kier molecular flexibility index (Phi) is 3.48. The van der Waals surface area contributed by atoms with Crippen LogP contribution in [0.5, 0.6) is 0 Å². The zero-order valence-electron chi connectivity index (χ0n) is 13.5. The topological polar surface area (TPSA) is 44.1 Å². The van der Waals surface area contributed by atoms with Gasteiger partial charge in [-0.05, 0) is 56.5 Å². The minimum absolute atomic E-state index is 0.00597. The Hall–Kier alpha value is -1.14. The number of hydrogen-bond acceptors (Lipinski definition) is 3. The van der Waals surface area contributed by atoms with Crippen LogP contribution in [0.3, 0.4) is 0 Å². The molecule has 21 heavy (non-hydrogen) atoms. The Morgan fingerprint density at radius 1 is 1.24 bits per heavy atom. The summed E-state index contributed by atoms with van der Waals surface area (Å²) in [5.74, 6) is 0.417. The van der Waals surface area contributed by atoms with Crippen LogP contribution in [0.1, 0.15) is 52.9 Å². The van der Waals surface area contributed by atoms with Crippen LogP contribution in [-0.2, 0) is 4.79 Å². The molecule has 0 unspecified atom stereocenters. The van der Waals surface area contributed by atoms with Crippen molar-refractivity contribution in [2.24, 2.45) is 16.7 Å². The molecule has 1 saturated heterocycles. The fourth-order valence-electron chi connectivity index (χ4n) is 5.19. The van der Waals surface area contributed by atoms with E-state index in [2.05, 4.69) is 17.9 Å². The van der Waals surface area contributed by atoms with E-state index in [9.17, 15) is 10.1 Å². The first-order valence-electron chi connectivity index (χ1n) is 8.30. The fraction of sp³-hybridized carbons (Fsp3) is 0.778.